The first-order valence-electron chi connectivity index (χ1n) is 6.63. The van der Waals surface area contributed by atoms with Crippen molar-refractivity contribution in [1.82, 2.24) is 5.32 Å². The molecule has 0 bridgehead atoms. The van der Waals surface area contributed by atoms with Crippen LogP contribution in [0.4, 0.5) is 30.7 Å². The molecule has 0 aromatic carbocycles. The maximum atomic E-state index is 13.6. The highest BCUT2D eigenvalue weighted by atomic mass is 19.4. The molecular formula is C12H18F7NO2. The molecule has 0 saturated heterocycles. The number of esters is 1. The second kappa shape index (κ2) is 7.98. The van der Waals surface area contributed by atoms with Crippen molar-refractivity contribution in [3.63, 3.8) is 0 Å². The second-order valence-corrected chi connectivity index (χ2v) is 4.56. The molecule has 0 saturated carbocycles. The standard InChI is InChI=1S/C12H18F7NO2/c1-3-5-6-20-8(7-9(21)22-4-2)10(13,14)11(15,16)12(17,18)19/h8,20H,3-7H2,1-2H3. The van der Waals surface area contributed by atoms with Crippen molar-refractivity contribution in [2.45, 2.75) is 57.2 Å². The lowest BCUT2D eigenvalue weighted by Crippen LogP contribution is -2.62. The predicted molar refractivity (Wildman–Crippen MR) is 63.9 cm³/mol. The quantitative estimate of drug-likeness (QED) is 0.396. The van der Waals surface area contributed by atoms with Gasteiger partial charge in [0.2, 0.25) is 0 Å². The number of carbonyl (C=O) groups excluding carboxylic acids is 1. The van der Waals surface area contributed by atoms with Gasteiger partial charge in [-0.15, -0.1) is 0 Å². The average Bonchev–Trinajstić information content (AvgIpc) is 2.36. The summed E-state index contributed by atoms with van der Waals surface area (Å²) in [5.41, 5.74) is 0. The summed E-state index contributed by atoms with van der Waals surface area (Å²) in [7, 11) is 0. The van der Waals surface area contributed by atoms with Gasteiger partial charge in [0, 0.05) is 0 Å². The third-order valence-electron chi connectivity index (χ3n) is 2.81. The molecule has 1 unspecified atom stereocenters. The van der Waals surface area contributed by atoms with E-state index in [1.807, 2.05) is 5.32 Å². The predicted octanol–water partition coefficient (Wildman–Crippen LogP) is 3.53. The smallest absolute Gasteiger partial charge is 0.459 e. The van der Waals surface area contributed by atoms with E-state index >= 15 is 0 Å². The molecule has 10 heteroatoms. The Hall–Kier alpha value is -1.06. The van der Waals surface area contributed by atoms with E-state index in [4.69, 9.17) is 0 Å². The summed E-state index contributed by atoms with van der Waals surface area (Å²) in [5, 5.41) is 1.90. The molecule has 0 fully saturated rings. The fourth-order valence-electron chi connectivity index (χ4n) is 1.58. The average molecular weight is 341 g/mol. The minimum atomic E-state index is -6.43. The van der Waals surface area contributed by atoms with Crippen LogP contribution in [-0.2, 0) is 9.53 Å². The van der Waals surface area contributed by atoms with Crippen LogP contribution >= 0.6 is 0 Å². The van der Waals surface area contributed by atoms with Crippen LogP contribution in [0.2, 0.25) is 0 Å². The molecule has 0 aliphatic rings. The normalized spacial score (nSPS) is 14.8. The SMILES string of the molecule is CCCCNC(CC(=O)OCC)C(F)(F)C(F)(F)C(F)(F)F. The van der Waals surface area contributed by atoms with Gasteiger partial charge in [0.15, 0.2) is 0 Å². The lowest BCUT2D eigenvalue weighted by Gasteiger charge is -2.34. The highest BCUT2D eigenvalue weighted by molar-refractivity contribution is 5.70. The number of hydrogen-bond donors (Lipinski definition) is 1. The minimum Gasteiger partial charge on any atom is -0.466 e. The highest BCUT2D eigenvalue weighted by Gasteiger charge is 2.75. The number of unbranched alkanes of at least 4 members (excludes halogenated alkanes) is 1. The van der Waals surface area contributed by atoms with Crippen molar-refractivity contribution in [3.05, 3.63) is 0 Å². The Morgan fingerprint density at radius 2 is 1.64 bits per heavy atom. The van der Waals surface area contributed by atoms with Gasteiger partial charge in [-0.25, -0.2) is 0 Å². The topological polar surface area (TPSA) is 38.3 Å². The fraction of sp³-hybridized carbons (Fsp3) is 0.917. The Bertz CT molecular complexity index is 358. The van der Waals surface area contributed by atoms with E-state index in [-0.39, 0.29) is 19.6 Å². The van der Waals surface area contributed by atoms with E-state index in [2.05, 4.69) is 4.74 Å². The summed E-state index contributed by atoms with van der Waals surface area (Å²) < 4.78 is 94.3. The van der Waals surface area contributed by atoms with Crippen molar-refractivity contribution in [2.75, 3.05) is 13.2 Å². The largest absolute Gasteiger partial charge is 0.466 e. The van der Waals surface area contributed by atoms with E-state index in [9.17, 15) is 35.5 Å². The monoisotopic (exact) mass is 341 g/mol. The third-order valence-corrected chi connectivity index (χ3v) is 2.81. The Balaban J connectivity index is 5.30. The summed E-state index contributed by atoms with van der Waals surface area (Å²) in [5.74, 6) is -13.0. The van der Waals surface area contributed by atoms with Gasteiger partial charge < -0.3 is 10.1 Å². The molecule has 0 heterocycles. The molecule has 0 aliphatic heterocycles. The van der Waals surface area contributed by atoms with Crippen LogP contribution in [0.5, 0.6) is 0 Å². The molecule has 0 aromatic rings. The molecule has 22 heavy (non-hydrogen) atoms. The van der Waals surface area contributed by atoms with Gasteiger partial charge in [0.05, 0.1) is 19.1 Å². The van der Waals surface area contributed by atoms with Crippen LogP contribution in [0, 0.1) is 0 Å². The van der Waals surface area contributed by atoms with Gasteiger partial charge in [-0.3, -0.25) is 4.79 Å². The summed E-state index contributed by atoms with van der Waals surface area (Å²) >= 11 is 0. The summed E-state index contributed by atoms with van der Waals surface area (Å²) in [6, 6.07) is -2.69. The van der Waals surface area contributed by atoms with Gasteiger partial charge in [0.25, 0.3) is 0 Å². The lowest BCUT2D eigenvalue weighted by atomic mass is 9.99. The maximum Gasteiger partial charge on any atom is 0.459 e. The number of rotatable bonds is 9. The molecule has 0 spiro atoms. The van der Waals surface area contributed by atoms with E-state index in [1.54, 1.807) is 6.92 Å². The Morgan fingerprint density at radius 1 is 1.09 bits per heavy atom. The molecule has 132 valence electrons. The fourth-order valence-corrected chi connectivity index (χ4v) is 1.58. The molecule has 0 rings (SSSR count). The first kappa shape index (κ1) is 20.9. The third kappa shape index (κ3) is 4.99. The zero-order valence-corrected chi connectivity index (χ0v) is 12.1. The Labute approximate surface area is 123 Å². The first-order chi connectivity index (χ1) is 9.91. The Morgan fingerprint density at radius 3 is 2.05 bits per heavy atom. The van der Waals surface area contributed by atoms with Crippen molar-refractivity contribution in [3.8, 4) is 0 Å². The van der Waals surface area contributed by atoms with Gasteiger partial charge in [-0.1, -0.05) is 13.3 Å². The molecule has 3 nitrogen and oxygen atoms in total. The van der Waals surface area contributed by atoms with Crippen molar-refractivity contribution < 1.29 is 40.3 Å². The molecule has 0 aliphatic carbocycles. The number of carbonyl (C=O) groups is 1. The first-order valence-corrected chi connectivity index (χ1v) is 6.63. The van der Waals surface area contributed by atoms with Gasteiger partial charge in [0.1, 0.15) is 0 Å². The van der Waals surface area contributed by atoms with Crippen LogP contribution < -0.4 is 5.32 Å². The molecule has 0 radical (unpaired) electrons. The molecule has 0 amide bonds. The van der Waals surface area contributed by atoms with Crippen LogP contribution in [0.1, 0.15) is 33.1 Å². The maximum absolute atomic E-state index is 13.6. The van der Waals surface area contributed by atoms with E-state index in [0.29, 0.717) is 6.42 Å². The van der Waals surface area contributed by atoms with E-state index in [0.717, 1.165) is 0 Å². The number of nitrogens with one attached hydrogen (secondary N) is 1. The van der Waals surface area contributed by atoms with E-state index in [1.165, 1.54) is 6.92 Å². The van der Waals surface area contributed by atoms with Crippen LogP contribution in [0.3, 0.4) is 0 Å². The zero-order valence-electron chi connectivity index (χ0n) is 12.1. The molecule has 1 atom stereocenters. The lowest BCUT2D eigenvalue weighted by molar-refractivity contribution is -0.360. The summed E-state index contributed by atoms with van der Waals surface area (Å²) in [6.45, 7) is 2.58. The molecular weight excluding hydrogens is 323 g/mol. The molecule has 0 aromatic heterocycles. The van der Waals surface area contributed by atoms with Crippen molar-refractivity contribution in [1.29, 1.82) is 0 Å². The number of halogens is 7. The second-order valence-electron chi connectivity index (χ2n) is 4.56. The van der Waals surface area contributed by atoms with Gasteiger partial charge >= 0.3 is 24.0 Å². The summed E-state index contributed by atoms with van der Waals surface area (Å²) in [4.78, 5) is 11.2. The van der Waals surface area contributed by atoms with Crippen molar-refractivity contribution in [2.24, 2.45) is 0 Å². The van der Waals surface area contributed by atoms with Crippen LogP contribution in [0.15, 0.2) is 0 Å². The number of ether oxygens (including phenoxy) is 1. The minimum absolute atomic E-state index is 0.207. The van der Waals surface area contributed by atoms with Crippen LogP contribution in [-0.4, -0.2) is 43.2 Å². The van der Waals surface area contributed by atoms with Gasteiger partial charge in [-0.2, -0.15) is 30.7 Å². The Kier molecular flexibility index (Phi) is 7.60. The highest BCUT2D eigenvalue weighted by Crippen LogP contribution is 2.48. The van der Waals surface area contributed by atoms with Crippen molar-refractivity contribution >= 4 is 5.97 Å². The zero-order chi connectivity index (χ0) is 17.6. The van der Waals surface area contributed by atoms with Gasteiger partial charge in [-0.05, 0) is 19.9 Å². The van der Waals surface area contributed by atoms with E-state index < -0.39 is 36.5 Å². The van der Waals surface area contributed by atoms with Crippen LogP contribution in [0.25, 0.3) is 0 Å². The summed E-state index contributed by atoms with van der Waals surface area (Å²) in [6.07, 6.45) is -6.96. The number of alkyl halides is 7. The number of hydrogen-bond acceptors (Lipinski definition) is 3. The molecule has 1 N–H and O–H groups in total.